The van der Waals surface area contributed by atoms with Crippen LogP contribution in [0.2, 0.25) is 0 Å². The smallest absolute Gasteiger partial charge is 0.243 e. The molecule has 4 nitrogen and oxygen atoms in total. The van der Waals surface area contributed by atoms with Crippen LogP contribution < -0.4 is 4.72 Å². The van der Waals surface area contributed by atoms with Crippen molar-refractivity contribution in [1.82, 2.24) is 4.72 Å². The summed E-state index contributed by atoms with van der Waals surface area (Å²) in [5.41, 5.74) is 0. The Balaban J connectivity index is 2.99. The van der Waals surface area contributed by atoms with E-state index in [1.54, 1.807) is 6.92 Å². The third-order valence-corrected chi connectivity index (χ3v) is 3.71. The van der Waals surface area contributed by atoms with Gasteiger partial charge in [-0.2, -0.15) is 0 Å². The number of hydrogen-bond donors (Lipinski definition) is 2. The highest BCUT2D eigenvalue weighted by Gasteiger charge is 2.21. The van der Waals surface area contributed by atoms with Crippen molar-refractivity contribution >= 4 is 10.0 Å². The molecule has 0 fully saturated rings. The molecule has 1 rings (SSSR count). The summed E-state index contributed by atoms with van der Waals surface area (Å²) in [4.78, 5) is -0.401. The summed E-state index contributed by atoms with van der Waals surface area (Å²) < 4.78 is 38.9. The highest BCUT2D eigenvalue weighted by molar-refractivity contribution is 7.89. The third kappa shape index (κ3) is 3.01. The van der Waals surface area contributed by atoms with Crippen LogP contribution in [0.5, 0.6) is 0 Å². The van der Waals surface area contributed by atoms with Crippen LogP contribution in [0.1, 0.15) is 13.3 Å². The van der Waals surface area contributed by atoms with E-state index >= 15 is 0 Å². The van der Waals surface area contributed by atoms with E-state index < -0.39 is 26.8 Å². The molecule has 0 saturated heterocycles. The third-order valence-electron chi connectivity index (χ3n) is 2.16. The second kappa shape index (κ2) is 5.38. The summed E-state index contributed by atoms with van der Waals surface area (Å²) in [5.74, 6) is -0.803. The Hall–Kier alpha value is -0.980. The topological polar surface area (TPSA) is 66.4 Å². The summed E-state index contributed by atoms with van der Waals surface area (Å²) in [5, 5.41) is 8.88. The van der Waals surface area contributed by atoms with Crippen molar-refractivity contribution in [2.24, 2.45) is 0 Å². The summed E-state index contributed by atoms with van der Waals surface area (Å²) in [6.07, 6.45) is 0.435. The Kier molecular flexibility index (Phi) is 4.40. The first kappa shape index (κ1) is 13.1. The van der Waals surface area contributed by atoms with Gasteiger partial charge < -0.3 is 5.11 Å². The van der Waals surface area contributed by atoms with Crippen molar-refractivity contribution in [3.05, 3.63) is 30.1 Å². The number of halogens is 1. The quantitative estimate of drug-likeness (QED) is 0.811. The summed E-state index contributed by atoms with van der Waals surface area (Å²) >= 11 is 0. The zero-order valence-corrected chi connectivity index (χ0v) is 9.67. The van der Waals surface area contributed by atoms with E-state index in [4.69, 9.17) is 5.11 Å². The molecule has 16 heavy (non-hydrogen) atoms. The fourth-order valence-corrected chi connectivity index (χ4v) is 2.58. The van der Waals surface area contributed by atoms with Gasteiger partial charge in [0.1, 0.15) is 10.7 Å². The predicted octanol–water partition coefficient (Wildman–Crippen LogP) is 0.875. The van der Waals surface area contributed by atoms with E-state index in [-0.39, 0.29) is 6.61 Å². The second-order valence-corrected chi connectivity index (χ2v) is 5.02. The molecule has 90 valence electrons. The first-order valence-electron chi connectivity index (χ1n) is 4.89. The standard InChI is InChI=1S/C10H14FNO3S/c1-2-8(7-13)12-16(14,15)10-6-4-3-5-9(10)11/h3-6,8,12-13H,2,7H2,1H3/t8-/m0/s1. The maximum atomic E-state index is 13.3. The highest BCUT2D eigenvalue weighted by Crippen LogP contribution is 2.13. The number of aliphatic hydroxyl groups is 1. The minimum absolute atomic E-state index is 0.315. The number of sulfonamides is 1. The minimum Gasteiger partial charge on any atom is -0.395 e. The molecule has 0 radical (unpaired) electrons. The Labute approximate surface area is 94.2 Å². The predicted molar refractivity (Wildman–Crippen MR) is 57.9 cm³/mol. The summed E-state index contributed by atoms with van der Waals surface area (Å²) in [6.45, 7) is 1.41. The van der Waals surface area contributed by atoms with Crippen molar-refractivity contribution in [1.29, 1.82) is 0 Å². The zero-order valence-electron chi connectivity index (χ0n) is 8.85. The number of rotatable bonds is 5. The lowest BCUT2D eigenvalue weighted by molar-refractivity contribution is 0.253. The maximum Gasteiger partial charge on any atom is 0.243 e. The van der Waals surface area contributed by atoms with E-state index in [1.165, 1.54) is 18.2 Å². The van der Waals surface area contributed by atoms with Gasteiger partial charge in [0.25, 0.3) is 0 Å². The number of aliphatic hydroxyl groups excluding tert-OH is 1. The van der Waals surface area contributed by atoms with Gasteiger partial charge in [0.15, 0.2) is 0 Å². The molecule has 0 heterocycles. The molecule has 0 amide bonds. The van der Waals surface area contributed by atoms with Crippen LogP contribution >= 0.6 is 0 Å². The van der Waals surface area contributed by atoms with Crippen LogP contribution in [0, 0.1) is 5.82 Å². The normalized spacial score (nSPS) is 13.7. The van der Waals surface area contributed by atoms with Crippen LogP contribution in [-0.2, 0) is 10.0 Å². The first-order chi connectivity index (χ1) is 7.51. The molecular formula is C10H14FNO3S. The van der Waals surface area contributed by atoms with E-state index in [2.05, 4.69) is 4.72 Å². The molecule has 0 unspecified atom stereocenters. The molecule has 1 aromatic carbocycles. The van der Waals surface area contributed by atoms with Crippen molar-refractivity contribution in [2.75, 3.05) is 6.61 Å². The highest BCUT2D eigenvalue weighted by atomic mass is 32.2. The molecular weight excluding hydrogens is 233 g/mol. The van der Waals surface area contributed by atoms with Gasteiger partial charge in [-0.25, -0.2) is 17.5 Å². The van der Waals surface area contributed by atoms with Crippen LogP contribution in [-0.4, -0.2) is 26.2 Å². The summed E-state index contributed by atoms with van der Waals surface area (Å²) in [6, 6.07) is 4.52. The van der Waals surface area contributed by atoms with Crippen LogP contribution in [0.25, 0.3) is 0 Å². The summed E-state index contributed by atoms with van der Waals surface area (Å²) in [7, 11) is -3.90. The van der Waals surface area contributed by atoms with E-state index in [0.29, 0.717) is 6.42 Å². The first-order valence-corrected chi connectivity index (χ1v) is 6.37. The molecule has 6 heteroatoms. The van der Waals surface area contributed by atoms with Gasteiger partial charge in [0.05, 0.1) is 6.61 Å². The van der Waals surface area contributed by atoms with E-state index in [9.17, 15) is 12.8 Å². The monoisotopic (exact) mass is 247 g/mol. The maximum absolute atomic E-state index is 13.3. The largest absolute Gasteiger partial charge is 0.395 e. The van der Waals surface area contributed by atoms with Gasteiger partial charge in [-0.15, -0.1) is 0 Å². The lowest BCUT2D eigenvalue weighted by Crippen LogP contribution is -2.37. The number of hydrogen-bond acceptors (Lipinski definition) is 3. The van der Waals surface area contributed by atoms with Crippen LogP contribution in [0.3, 0.4) is 0 Å². The number of nitrogens with one attached hydrogen (secondary N) is 1. The zero-order chi connectivity index (χ0) is 12.2. The SMILES string of the molecule is CC[C@@H](CO)NS(=O)(=O)c1ccccc1F. The van der Waals surface area contributed by atoms with Gasteiger partial charge in [-0.3, -0.25) is 0 Å². The molecule has 0 spiro atoms. The van der Waals surface area contributed by atoms with Crippen molar-refractivity contribution < 1.29 is 17.9 Å². The molecule has 1 atom stereocenters. The Morgan fingerprint density at radius 2 is 2.06 bits per heavy atom. The minimum atomic E-state index is -3.90. The second-order valence-electron chi connectivity index (χ2n) is 3.34. The Bertz CT molecular complexity index is 443. The van der Waals surface area contributed by atoms with Gasteiger partial charge >= 0.3 is 0 Å². The average Bonchev–Trinajstić information content (AvgIpc) is 2.26. The average molecular weight is 247 g/mol. The van der Waals surface area contributed by atoms with Crippen LogP contribution in [0.15, 0.2) is 29.2 Å². The molecule has 0 aliphatic carbocycles. The van der Waals surface area contributed by atoms with Crippen molar-refractivity contribution in [3.63, 3.8) is 0 Å². The molecule has 1 aromatic rings. The molecule has 0 saturated carbocycles. The van der Waals surface area contributed by atoms with Crippen LogP contribution in [0.4, 0.5) is 4.39 Å². The van der Waals surface area contributed by atoms with Gasteiger partial charge in [-0.05, 0) is 18.6 Å². The van der Waals surface area contributed by atoms with E-state index in [1.807, 2.05) is 0 Å². The Morgan fingerprint density at radius 1 is 1.44 bits per heavy atom. The molecule has 0 aliphatic heterocycles. The molecule has 0 aromatic heterocycles. The van der Waals surface area contributed by atoms with Gasteiger partial charge in [0, 0.05) is 6.04 Å². The van der Waals surface area contributed by atoms with Gasteiger partial charge in [0.2, 0.25) is 10.0 Å². The van der Waals surface area contributed by atoms with Crippen molar-refractivity contribution in [2.45, 2.75) is 24.3 Å². The molecule has 2 N–H and O–H groups in total. The van der Waals surface area contributed by atoms with E-state index in [0.717, 1.165) is 6.07 Å². The lowest BCUT2D eigenvalue weighted by atomic mass is 10.3. The molecule has 0 bridgehead atoms. The number of benzene rings is 1. The fourth-order valence-electron chi connectivity index (χ4n) is 1.20. The molecule has 0 aliphatic rings. The lowest BCUT2D eigenvalue weighted by Gasteiger charge is -2.14. The van der Waals surface area contributed by atoms with Gasteiger partial charge in [-0.1, -0.05) is 19.1 Å². The Morgan fingerprint density at radius 3 is 2.56 bits per heavy atom. The van der Waals surface area contributed by atoms with Crippen molar-refractivity contribution in [3.8, 4) is 0 Å². The fraction of sp³-hybridized carbons (Fsp3) is 0.400.